The van der Waals surface area contributed by atoms with Crippen LogP contribution in [0.25, 0.3) is 0 Å². The van der Waals surface area contributed by atoms with E-state index in [9.17, 15) is 14.9 Å². The SMILES string of the molecule is COc1ccc(NC(=O)CNc2ccccc2Sc2ccccc2)c([N+](=O)[O-])c1. The molecule has 7 nitrogen and oxygen atoms in total. The molecule has 0 unspecified atom stereocenters. The minimum atomic E-state index is -0.558. The van der Waals surface area contributed by atoms with E-state index in [2.05, 4.69) is 10.6 Å². The van der Waals surface area contributed by atoms with E-state index in [1.807, 2.05) is 54.6 Å². The Morgan fingerprint density at radius 1 is 1.03 bits per heavy atom. The van der Waals surface area contributed by atoms with Crippen molar-refractivity contribution in [3.8, 4) is 5.75 Å². The summed E-state index contributed by atoms with van der Waals surface area (Å²) in [6.45, 7) is -0.0322. The van der Waals surface area contributed by atoms with Crippen LogP contribution in [0.5, 0.6) is 5.75 Å². The van der Waals surface area contributed by atoms with Crippen LogP contribution in [-0.4, -0.2) is 24.5 Å². The first-order valence-corrected chi connectivity index (χ1v) is 9.56. The molecule has 2 N–H and O–H groups in total. The van der Waals surface area contributed by atoms with E-state index in [0.717, 1.165) is 15.5 Å². The van der Waals surface area contributed by atoms with Crippen molar-refractivity contribution in [1.82, 2.24) is 0 Å². The molecule has 0 aromatic heterocycles. The molecule has 1 amide bonds. The van der Waals surface area contributed by atoms with Crippen LogP contribution in [0.4, 0.5) is 17.1 Å². The van der Waals surface area contributed by atoms with Crippen molar-refractivity contribution in [3.63, 3.8) is 0 Å². The molecule has 0 aliphatic rings. The normalized spacial score (nSPS) is 10.2. The van der Waals surface area contributed by atoms with E-state index in [4.69, 9.17) is 4.74 Å². The van der Waals surface area contributed by atoms with Gasteiger partial charge in [0.1, 0.15) is 11.4 Å². The molecule has 29 heavy (non-hydrogen) atoms. The number of rotatable bonds is 8. The lowest BCUT2D eigenvalue weighted by Gasteiger charge is -2.12. The fourth-order valence-electron chi connectivity index (χ4n) is 2.58. The number of nitro groups is 1. The highest BCUT2D eigenvalue weighted by atomic mass is 32.2. The first kappa shape index (κ1) is 20.2. The molecule has 0 aliphatic heterocycles. The highest BCUT2D eigenvalue weighted by molar-refractivity contribution is 7.99. The number of anilines is 2. The fraction of sp³-hybridized carbons (Fsp3) is 0.0952. The number of nitrogens with one attached hydrogen (secondary N) is 2. The summed E-state index contributed by atoms with van der Waals surface area (Å²) >= 11 is 1.58. The average molecular weight is 409 g/mol. The van der Waals surface area contributed by atoms with Crippen molar-refractivity contribution in [2.75, 3.05) is 24.3 Å². The largest absolute Gasteiger partial charge is 0.496 e. The van der Waals surface area contributed by atoms with Crippen LogP contribution in [0.1, 0.15) is 0 Å². The molecule has 0 atom stereocenters. The summed E-state index contributed by atoms with van der Waals surface area (Å²) in [6, 6.07) is 21.8. The van der Waals surface area contributed by atoms with Crippen LogP contribution in [0.2, 0.25) is 0 Å². The Morgan fingerprint density at radius 3 is 2.48 bits per heavy atom. The maximum atomic E-state index is 12.4. The summed E-state index contributed by atoms with van der Waals surface area (Å²) in [6.07, 6.45) is 0. The number of ether oxygens (including phenoxy) is 1. The summed E-state index contributed by atoms with van der Waals surface area (Å²) in [7, 11) is 1.42. The maximum absolute atomic E-state index is 12.4. The minimum absolute atomic E-state index is 0.0322. The zero-order valence-corrected chi connectivity index (χ0v) is 16.4. The summed E-state index contributed by atoms with van der Waals surface area (Å²) < 4.78 is 5.00. The van der Waals surface area contributed by atoms with Crippen LogP contribution in [-0.2, 0) is 4.79 Å². The van der Waals surface area contributed by atoms with E-state index in [1.54, 1.807) is 17.8 Å². The van der Waals surface area contributed by atoms with Gasteiger partial charge in [-0.2, -0.15) is 0 Å². The lowest BCUT2D eigenvalue weighted by Crippen LogP contribution is -2.22. The third-order valence-corrected chi connectivity index (χ3v) is 5.06. The van der Waals surface area contributed by atoms with E-state index in [-0.39, 0.29) is 17.9 Å². The Kier molecular flexibility index (Phi) is 6.70. The van der Waals surface area contributed by atoms with Gasteiger partial charge in [-0.05, 0) is 36.4 Å². The number of carbonyl (C=O) groups excluding carboxylic acids is 1. The number of hydrogen-bond acceptors (Lipinski definition) is 6. The van der Waals surface area contributed by atoms with E-state index < -0.39 is 10.8 Å². The predicted molar refractivity (Wildman–Crippen MR) is 114 cm³/mol. The van der Waals surface area contributed by atoms with E-state index >= 15 is 0 Å². The van der Waals surface area contributed by atoms with E-state index in [1.165, 1.54) is 19.2 Å². The number of benzene rings is 3. The molecule has 0 saturated heterocycles. The maximum Gasteiger partial charge on any atom is 0.296 e. The van der Waals surface area contributed by atoms with Gasteiger partial charge in [-0.3, -0.25) is 14.9 Å². The molecule has 0 aliphatic carbocycles. The second-order valence-corrected chi connectivity index (χ2v) is 7.07. The number of para-hydroxylation sites is 1. The number of hydrogen-bond donors (Lipinski definition) is 2. The third kappa shape index (κ3) is 5.49. The standard InChI is InChI=1S/C21H19N3O4S/c1-28-15-11-12-17(19(13-15)24(26)27)23-21(25)14-22-18-9-5-6-10-20(18)29-16-7-3-2-4-8-16/h2-13,22H,14H2,1H3,(H,23,25). The Labute approximate surface area is 172 Å². The van der Waals surface area contributed by atoms with Gasteiger partial charge < -0.3 is 15.4 Å². The van der Waals surface area contributed by atoms with Crippen LogP contribution in [0, 0.1) is 10.1 Å². The second kappa shape index (κ2) is 9.61. The Morgan fingerprint density at radius 2 is 1.76 bits per heavy atom. The van der Waals surface area contributed by atoms with Gasteiger partial charge >= 0.3 is 0 Å². The molecule has 3 rings (SSSR count). The summed E-state index contributed by atoms with van der Waals surface area (Å²) in [5, 5.41) is 16.9. The number of nitrogens with zero attached hydrogens (tertiary/aromatic N) is 1. The zero-order valence-electron chi connectivity index (χ0n) is 15.6. The van der Waals surface area contributed by atoms with Crippen molar-refractivity contribution in [2.45, 2.75) is 9.79 Å². The highest BCUT2D eigenvalue weighted by Gasteiger charge is 2.17. The van der Waals surface area contributed by atoms with Crippen molar-refractivity contribution in [3.05, 3.63) is 82.9 Å². The van der Waals surface area contributed by atoms with Crippen molar-refractivity contribution >= 4 is 34.7 Å². The number of nitro benzene ring substituents is 1. The van der Waals surface area contributed by atoms with Crippen molar-refractivity contribution < 1.29 is 14.5 Å². The number of amides is 1. The van der Waals surface area contributed by atoms with Gasteiger partial charge in [-0.1, -0.05) is 42.1 Å². The van der Waals surface area contributed by atoms with Gasteiger partial charge in [0.2, 0.25) is 5.91 Å². The first-order valence-electron chi connectivity index (χ1n) is 8.75. The lowest BCUT2D eigenvalue weighted by atomic mass is 10.2. The molecule has 3 aromatic carbocycles. The molecule has 148 valence electrons. The number of carbonyl (C=O) groups is 1. The van der Waals surface area contributed by atoms with Gasteiger partial charge in [0.05, 0.1) is 24.6 Å². The highest BCUT2D eigenvalue weighted by Crippen LogP contribution is 2.33. The van der Waals surface area contributed by atoms with Crippen LogP contribution < -0.4 is 15.4 Å². The minimum Gasteiger partial charge on any atom is -0.496 e. The third-order valence-electron chi connectivity index (χ3n) is 3.97. The van der Waals surface area contributed by atoms with Crippen LogP contribution in [0.15, 0.2) is 82.6 Å². The molecule has 8 heteroatoms. The second-order valence-electron chi connectivity index (χ2n) is 5.95. The lowest BCUT2D eigenvalue weighted by molar-refractivity contribution is -0.384. The Hall–Kier alpha value is -3.52. The summed E-state index contributed by atoms with van der Waals surface area (Å²) in [5.74, 6) is -0.0440. The van der Waals surface area contributed by atoms with Gasteiger partial charge in [0, 0.05) is 15.5 Å². The predicted octanol–water partition coefficient (Wildman–Crippen LogP) is 4.81. The van der Waals surface area contributed by atoms with Gasteiger partial charge in [-0.25, -0.2) is 0 Å². The molecule has 0 heterocycles. The molecule has 0 fully saturated rings. The monoisotopic (exact) mass is 409 g/mol. The molecule has 0 saturated carbocycles. The average Bonchev–Trinajstić information content (AvgIpc) is 2.74. The van der Waals surface area contributed by atoms with E-state index in [0.29, 0.717) is 5.75 Å². The van der Waals surface area contributed by atoms with Crippen LogP contribution in [0.3, 0.4) is 0 Å². The Bertz CT molecular complexity index is 1010. The van der Waals surface area contributed by atoms with Crippen molar-refractivity contribution in [1.29, 1.82) is 0 Å². The van der Waals surface area contributed by atoms with Crippen LogP contribution >= 0.6 is 11.8 Å². The zero-order chi connectivity index (χ0) is 20.6. The molecule has 0 bridgehead atoms. The summed E-state index contributed by atoms with van der Waals surface area (Å²) in [5.41, 5.74) is 0.702. The molecule has 3 aromatic rings. The van der Waals surface area contributed by atoms with Crippen molar-refractivity contribution in [2.24, 2.45) is 0 Å². The smallest absolute Gasteiger partial charge is 0.296 e. The Balaban J connectivity index is 1.67. The molecule has 0 radical (unpaired) electrons. The molecular weight excluding hydrogens is 390 g/mol. The quantitative estimate of drug-likeness (QED) is 0.410. The molecular formula is C21H19N3O4S. The van der Waals surface area contributed by atoms with Gasteiger partial charge in [0.25, 0.3) is 5.69 Å². The summed E-state index contributed by atoms with van der Waals surface area (Å²) in [4.78, 5) is 25.1. The fourth-order valence-corrected chi connectivity index (χ4v) is 3.53. The molecule has 0 spiro atoms. The first-order chi connectivity index (χ1) is 14.1. The number of methoxy groups -OCH3 is 1. The topological polar surface area (TPSA) is 93.5 Å². The van der Waals surface area contributed by atoms with Gasteiger partial charge in [-0.15, -0.1) is 0 Å². The van der Waals surface area contributed by atoms with Gasteiger partial charge in [0.15, 0.2) is 0 Å².